The number of hydrogen-bond donors (Lipinski definition) is 2. The van der Waals surface area contributed by atoms with E-state index in [4.69, 9.17) is 4.74 Å². The minimum Gasteiger partial charge on any atom is -0.495 e. The molecule has 0 atom stereocenters. The molecule has 6 heteroatoms. The van der Waals surface area contributed by atoms with Crippen molar-refractivity contribution in [1.82, 2.24) is 4.90 Å². The summed E-state index contributed by atoms with van der Waals surface area (Å²) in [6.45, 7) is 2.96. The highest BCUT2D eigenvalue weighted by Gasteiger charge is 2.15. The average molecular weight is 355 g/mol. The molecule has 0 bridgehead atoms. The van der Waals surface area contributed by atoms with Gasteiger partial charge in [-0.2, -0.15) is 0 Å². The first kappa shape index (κ1) is 19.5. The fourth-order valence-corrected chi connectivity index (χ4v) is 2.60. The predicted molar refractivity (Wildman–Crippen MR) is 103 cm³/mol. The molecule has 0 unspecified atom stereocenters. The van der Waals surface area contributed by atoms with Gasteiger partial charge in [-0.15, -0.1) is 0 Å². The van der Waals surface area contributed by atoms with Gasteiger partial charge >= 0.3 is 0 Å². The molecule has 2 rings (SSSR count). The molecule has 2 amide bonds. The molecule has 0 spiro atoms. The van der Waals surface area contributed by atoms with E-state index in [-0.39, 0.29) is 24.9 Å². The lowest BCUT2D eigenvalue weighted by molar-refractivity contribution is -0.120. The van der Waals surface area contributed by atoms with E-state index < -0.39 is 0 Å². The van der Waals surface area contributed by atoms with Crippen LogP contribution in [0.2, 0.25) is 0 Å². The largest absolute Gasteiger partial charge is 0.495 e. The molecule has 0 aliphatic carbocycles. The fourth-order valence-electron chi connectivity index (χ4n) is 2.60. The summed E-state index contributed by atoms with van der Waals surface area (Å²) in [6, 6.07) is 16.5. The number of carbonyl (C=O) groups is 2. The summed E-state index contributed by atoms with van der Waals surface area (Å²) in [5, 5.41) is 5.68. The molecule has 0 aliphatic rings. The lowest BCUT2D eigenvalue weighted by atomic mass is 10.3. The summed E-state index contributed by atoms with van der Waals surface area (Å²) in [5.74, 6) is 0.273. The van der Waals surface area contributed by atoms with E-state index in [1.165, 1.54) is 0 Å². The number of benzene rings is 2. The second kappa shape index (κ2) is 10.2. The molecule has 0 aromatic heterocycles. The topological polar surface area (TPSA) is 70.7 Å². The third kappa shape index (κ3) is 6.22. The van der Waals surface area contributed by atoms with Crippen LogP contribution in [0, 0.1) is 0 Å². The van der Waals surface area contributed by atoms with Crippen molar-refractivity contribution in [3.8, 4) is 5.75 Å². The van der Waals surface area contributed by atoms with Gasteiger partial charge in [-0.1, -0.05) is 37.3 Å². The summed E-state index contributed by atoms with van der Waals surface area (Å²) in [5.41, 5.74) is 1.36. The number of hydrogen-bond acceptors (Lipinski definition) is 4. The van der Waals surface area contributed by atoms with E-state index in [1.807, 2.05) is 54.3 Å². The van der Waals surface area contributed by atoms with Gasteiger partial charge in [0.25, 0.3) is 0 Å². The lowest BCUT2D eigenvalue weighted by Crippen LogP contribution is -2.39. The first-order chi connectivity index (χ1) is 12.6. The third-order valence-corrected chi connectivity index (χ3v) is 3.71. The zero-order valence-electron chi connectivity index (χ0n) is 15.2. The van der Waals surface area contributed by atoms with Crippen molar-refractivity contribution < 1.29 is 14.3 Å². The first-order valence-corrected chi connectivity index (χ1v) is 8.62. The van der Waals surface area contributed by atoms with Gasteiger partial charge in [0.15, 0.2) is 0 Å². The van der Waals surface area contributed by atoms with E-state index in [9.17, 15) is 9.59 Å². The number of nitrogens with zero attached hydrogens (tertiary/aromatic N) is 1. The number of carbonyl (C=O) groups excluding carboxylic acids is 2. The van der Waals surface area contributed by atoms with Crippen molar-refractivity contribution in [2.24, 2.45) is 0 Å². The zero-order valence-corrected chi connectivity index (χ0v) is 15.2. The molecular formula is C20H25N3O3. The monoisotopic (exact) mass is 355 g/mol. The van der Waals surface area contributed by atoms with Crippen LogP contribution in [0.1, 0.15) is 13.3 Å². The van der Waals surface area contributed by atoms with Crippen LogP contribution in [0.5, 0.6) is 5.75 Å². The number of para-hydroxylation sites is 3. The Morgan fingerprint density at radius 2 is 1.54 bits per heavy atom. The van der Waals surface area contributed by atoms with Crippen molar-refractivity contribution in [3.63, 3.8) is 0 Å². The van der Waals surface area contributed by atoms with Crippen LogP contribution in [-0.4, -0.2) is 43.5 Å². The van der Waals surface area contributed by atoms with Crippen molar-refractivity contribution in [2.75, 3.05) is 37.4 Å². The molecule has 2 aromatic rings. The molecule has 6 nitrogen and oxygen atoms in total. The second-order valence-corrected chi connectivity index (χ2v) is 5.87. The van der Waals surface area contributed by atoms with Gasteiger partial charge < -0.3 is 15.4 Å². The number of nitrogens with one attached hydrogen (secondary N) is 2. The van der Waals surface area contributed by atoms with Crippen molar-refractivity contribution in [2.45, 2.75) is 13.3 Å². The molecule has 0 radical (unpaired) electrons. The fraction of sp³-hybridized carbons (Fsp3) is 0.300. The van der Waals surface area contributed by atoms with Crippen LogP contribution in [0.3, 0.4) is 0 Å². The minimum absolute atomic E-state index is 0.133. The summed E-state index contributed by atoms with van der Waals surface area (Å²) in [4.78, 5) is 26.4. The summed E-state index contributed by atoms with van der Waals surface area (Å²) in [7, 11) is 1.56. The molecule has 0 heterocycles. The van der Waals surface area contributed by atoms with Crippen LogP contribution < -0.4 is 15.4 Å². The Labute approximate surface area is 154 Å². The Bertz CT molecular complexity index is 719. The first-order valence-electron chi connectivity index (χ1n) is 8.62. The highest BCUT2D eigenvalue weighted by molar-refractivity contribution is 5.95. The van der Waals surface area contributed by atoms with Crippen LogP contribution >= 0.6 is 0 Å². The number of rotatable bonds is 9. The summed E-state index contributed by atoms with van der Waals surface area (Å²) >= 11 is 0. The van der Waals surface area contributed by atoms with Crippen molar-refractivity contribution >= 4 is 23.2 Å². The molecule has 26 heavy (non-hydrogen) atoms. The standard InChI is InChI=1S/C20H25N3O3/c1-3-13-23(14-19(24)21-16-9-5-4-6-10-16)15-20(25)22-17-11-7-8-12-18(17)26-2/h4-12H,3,13-15H2,1-2H3,(H,21,24)(H,22,25). The highest BCUT2D eigenvalue weighted by Crippen LogP contribution is 2.22. The van der Waals surface area contributed by atoms with Crippen LogP contribution in [-0.2, 0) is 9.59 Å². The average Bonchev–Trinajstić information content (AvgIpc) is 2.63. The summed E-state index contributed by atoms with van der Waals surface area (Å²) < 4.78 is 5.24. The van der Waals surface area contributed by atoms with Crippen LogP contribution in [0.15, 0.2) is 54.6 Å². The molecule has 138 valence electrons. The number of ether oxygens (including phenoxy) is 1. The van der Waals surface area contributed by atoms with Gasteiger partial charge in [-0.25, -0.2) is 0 Å². The number of methoxy groups -OCH3 is 1. The second-order valence-electron chi connectivity index (χ2n) is 5.87. The molecule has 2 N–H and O–H groups in total. The Kier molecular flexibility index (Phi) is 7.64. The quantitative estimate of drug-likeness (QED) is 0.725. The molecule has 2 aromatic carbocycles. The Morgan fingerprint density at radius 3 is 2.19 bits per heavy atom. The van der Waals surface area contributed by atoms with Gasteiger partial charge in [-0.3, -0.25) is 14.5 Å². The van der Waals surface area contributed by atoms with Crippen LogP contribution in [0.25, 0.3) is 0 Å². The van der Waals surface area contributed by atoms with Gasteiger partial charge in [0.05, 0.1) is 25.9 Å². The molecule has 0 saturated heterocycles. The highest BCUT2D eigenvalue weighted by atomic mass is 16.5. The smallest absolute Gasteiger partial charge is 0.238 e. The van der Waals surface area contributed by atoms with E-state index in [1.54, 1.807) is 19.2 Å². The maximum Gasteiger partial charge on any atom is 0.238 e. The maximum absolute atomic E-state index is 12.4. The van der Waals surface area contributed by atoms with Crippen molar-refractivity contribution in [3.05, 3.63) is 54.6 Å². The van der Waals surface area contributed by atoms with Crippen LogP contribution in [0.4, 0.5) is 11.4 Å². The molecular weight excluding hydrogens is 330 g/mol. The number of anilines is 2. The third-order valence-electron chi connectivity index (χ3n) is 3.71. The zero-order chi connectivity index (χ0) is 18.8. The Hall–Kier alpha value is -2.86. The molecule has 0 fully saturated rings. The Balaban J connectivity index is 1.92. The van der Waals surface area contributed by atoms with E-state index in [2.05, 4.69) is 10.6 Å². The summed E-state index contributed by atoms with van der Waals surface area (Å²) in [6.07, 6.45) is 0.848. The van der Waals surface area contributed by atoms with Gasteiger partial charge in [0, 0.05) is 5.69 Å². The Morgan fingerprint density at radius 1 is 0.923 bits per heavy atom. The van der Waals surface area contributed by atoms with Gasteiger partial charge in [-0.05, 0) is 37.2 Å². The molecule has 0 aliphatic heterocycles. The SMILES string of the molecule is CCCN(CC(=O)Nc1ccccc1)CC(=O)Nc1ccccc1OC. The lowest BCUT2D eigenvalue weighted by Gasteiger charge is -2.21. The van der Waals surface area contributed by atoms with Gasteiger partial charge in [0.1, 0.15) is 5.75 Å². The van der Waals surface area contributed by atoms with Gasteiger partial charge in [0.2, 0.25) is 11.8 Å². The van der Waals surface area contributed by atoms with E-state index >= 15 is 0 Å². The molecule has 0 saturated carbocycles. The van der Waals surface area contributed by atoms with Crippen molar-refractivity contribution in [1.29, 1.82) is 0 Å². The maximum atomic E-state index is 12.4. The van der Waals surface area contributed by atoms with E-state index in [0.717, 1.165) is 12.1 Å². The normalized spacial score (nSPS) is 10.4. The van der Waals surface area contributed by atoms with E-state index in [0.29, 0.717) is 18.0 Å². The number of amides is 2. The predicted octanol–water partition coefficient (Wildman–Crippen LogP) is 2.98. The minimum atomic E-state index is -0.185.